The molecule has 4 rings (SSSR count). The number of aryl methyl sites for hydroxylation is 1. The summed E-state index contributed by atoms with van der Waals surface area (Å²) < 4.78 is 2.27. The van der Waals surface area contributed by atoms with Crippen LogP contribution in [0.3, 0.4) is 0 Å². The van der Waals surface area contributed by atoms with Crippen molar-refractivity contribution in [1.82, 2.24) is 14.5 Å². The van der Waals surface area contributed by atoms with E-state index in [4.69, 9.17) is 0 Å². The Hall–Kier alpha value is -2.40. The Morgan fingerprint density at radius 1 is 1.25 bits per heavy atom. The van der Waals surface area contributed by atoms with Gasteiger partial charge in [0, 0.05) is 48.4 Å². The number of amides is 1. The third-order valence-electron chi connectivity index (χ3n) is 4.54. The second-order valence-corrected chi connectivity index (χ2v) is 7.07. The quantitative estimate of drug-likeness (QED) is 0.728. The molecular weight excluding hydrogens is 318 g/mol. The molecule has 0 bridgehead atoms. The van der Waals surface area contributed by atoms with E-state index in [-0.39, 0.29) is 5.91 Å². The number of hydrogen-bond acceptors (Lipinski definition) is 3. The second-order valence-electron chi connectivity index (χ2n) is 6.29. The first kappa shape index (κ1) is 15.1. The summed E-state index contributed by atoms with van der Waals surface area (Å²) in [5.41, 5.74) is 3.11. The maximum absolute atomic E-state index is 12.3. The average Bonchev–Trinajstić information content (AvgIpc) is 3.21. The molecule has 0 radical (unpaired) electrons. The Balaban J connectivity index is 1.45. The van der Waals surface area contributed by atoms with E-state index in [1.165, 1.54) is 0 Å². The van der Waals surface area contributed by atoms with Crippen LogP contribution in [0.1, 0.15) is 16.1 Å². The first-order valence-electron chi connectivity index (χ1n) is 8.11. The summed E-state index contributed by atoms with van der Waals surface area (Å²) >= 11 is 1.57. The van der Waals surface area contributed by atoms with Crippen molar-refractivity contribution >= 4 is 17.2 Å². The van der Waals surface area contributed by atoms with Gasteiger partial charge in [0.05, 0.1) is 5.56 Å². The van der Waals surface area contributed by atoms with Crippen LogP contribution in [0.25, 0.3) is 11.4 Å². The van der Waals surface area contributed by atoms with Crippen LogP contribution in [0, 0.1) is 12.8 Å². The van der Waals surface area contributed by atoms with E-state index in [1.54, 1.807) is 11.3 Å². The molecular formula is C19H19N3OS. The maximum atomic E-state index is 12.3. The van der Waals surface area contributed by atoms with Crippen molar-refractivity contribution in [3.63, 3.8) is 0 Å². The van der Waals surface area contributed by atoms with Crippen LogP contribution in [0.15, 0.2) is 53.4 Å². The highest BCUT2D eigenvalue weighted by molar-refractivity contribution is 7.08. The maximum Gasteiger partial charge on any atom is 0.254 e. The number of thiophene rings is 1. The highest BCUT2D eigenvalue weighted by atomic mass is 32.1. The highest BCUT2D eigenvalue weighted by Crippen LogP contribution is 2.25. The fraction of sp³-hybridized carbons (Fsp3) is 0.263. The SMILES string of the molecule is Cc1cnc(-c2ccccc2)n1CC1CN(C(=O)c2ccsc2)C1. The molecule has 0 unspecified atom stereocenters. The molecule has 1 aromatic carbocycles. The summed E-state index contributed by atoms with van der Waals surface area (Å²) in [7, 11) is 0. The van der Waals surface area contributed by atoms with E-state index < -0.39 is 0 Å². The first-order valence-corrected chi connectivity index (χ1v) is 9.05. The van der Waals surface area contributed by atoms with Crippen LogP contribution >= 0.6 is 11.3 Å². The Morgan fingerprint density at radius 2 is 2.04 bits per heavy atom. The average molecular weight is 337 g/mol. The van der Waals surface area contributed by atoms with Crippen molar-refractivity contribution in [1.29, 1.82) is 0 Å². The van der Waals surface area contributed by atoms with Gasteiger partial charge in [-0.1, -0.05) is 30.3 Å². The molecule has 0 aliphatic carbocycles. The lowest BCUT2D eigenvalue weighted by atomic mass is 9.99. The summed E-state index contributed by atoms with van der Waals surface area (Å²) in [6.07, 6.45) is 1.93. The predicted molar refractivity (Wildman–Crippen MR) is 96.1 cm³/mol. The Morgan fingerprint density at radius 3 is 2.75 bits per heavy atom. The smallest absolute Gasteiger partial charge is 0.254 e. The van der Waals surface area contributed by atoms with Gasteiger partial charge in [0.15, 0.2) is 0 Å². The minimum atomic E-state index is 0.151. The van der Waals surface area contributed by atoms with Gasteiger partial charge in [-0.15, -0.1) is 0 Å². The summed E-state index contributed by atoms with van der Waals surface area (Å²) in [5.74, 6) is 1.65. The molecule has 0 saturated carbocycles. The number of rotatable bonds is 4. The predicted octanol–water partition coefficient (Wildman–Crippen LogP) is 3.69. The Labute approximate surface area is 145 Å². The topological polar surface area (TPSA) is 38.1 Å². The highest BCUT2D eigenvalue weighted by Gasteiger charge is 2.32. The molecule has 1 fully saturated rings. The first-order chi connectivity index (χ1) is 11.7. The largest absolute Gasteiger partial charge is 0.338 e. The number of likely N-dealkylation sites (tertiary alicyclic amines) is 1. The minimum absolute atomic E-state index is 0.151. The standard InChI is InChI=1S/C19H19N3OS/c1-14-9-20-18(16-5-3-2-4-6-16)22(14)12-15-10-21(11-15)19(23)17-7-8-24-13-17/h2-9,13,15H,10-12H2,1H3. The zero-order chi connectivity index (χ0) is 16.5. The molecule has 1 aliphatic heterocycles. The Bertz CT molecular complexity index is 833. The molecule has 1 aliphatic rings. The second kappa shape index (κ2) is 6.24. The van der Waals surface area contributed by atoms with Crippen LogP contribution in [-0.4, -0.2) is 33.4 Å². The molecule has 4 nitrogen and oxygen atoms in total. The van der Waals surface area contributed by atoms with Crippen molar-refractivity contribution in [2.24, 2.45) is 5.92 Å². The van der Waals surface area contributed by atoms with Gasteiger partial charge in [-0.25, -0.2) is 4.98 Å². The van der Waals surface area contributed by atoms with Crippen LogP contribution in [-0.2, 0) is 6.54 Å². The molecule has 2 aromatic heterocycles. The zero-order valence-corrected chi connectivity index (χ0v) is 14.4. The zero-order valence-electron chi connectivity index (χ0n) is 13.6. The summed E-state index contributed by atoms with van der Waals surface area (Å²) in [6, 6.07) is 12.2. The lowest BCUT2D eigenvalue weighted by Crippen LogP contribution is -2.51. The lowest BCUT2D eigenvalue weighted by molar-refractivity contribution is 0.0469. The third kappa shape index (κ3) is 2.76. The number of benzene rings is 1. The molecule has 3 aromatic rings. The van der Waals surface area contributed by atoms with Gasteiger partial charge in [0.2, 0.25) is 0 Å². The molecule has 5 heteroatoms. The van der Waals surface area contributed by atoms with Crippen molar-refractivity contribution in [2.75, 3.05) is 13.1 Å². The number of aromatic nitrogens is 2. The molecule has 0 N–H and O–H groups in total. The van der Waals surface area contributed by atoms with Crippen LogP contribution < -0.4 is 0 Å². The van der Waals surface area contributed by atoms with Crippen LogP contribution in [0.5, 0.6) is 0 Å². The Kier molecular flexibility index (Phi) is 3.94. The minimum Gasteiger partial charge on any atom is -0.338 e. The fourth-order valence-corrected chi connectivity index (χ4v) is 3.82. The van der Waals surface area contributed by atoms with Gasteiger partial charge in [0.1, 0.15) is 5.82 Å². The van der Waals surface area contributed by atoms with E-state index in [0.717, 1.165) is 42.3 Å². The molecule has 1 amide bonds. The van der Waals surface area contributed by atoms with E-state index in [9.17, 15) is 4.79 Å². The third-order valence-corrected chi connectivity index (χ3v) is 5.22. The summed E-state index contributed by atoms with van der Waals surface area (Å²) in [4.78, 5) is 18.8. The van der Waals surface area contributed by atoms with Crippen molar-refractivity contribution in [3.05, 3.63) is 64.6 Å². The molecule has 3 heterocycles. The van der Waals surface area contributed by atoms with Gasteiger partial charge in [-0.2, -0.15) is 11.3 Å². The summed E-state index contributed by atoms with van der Waals surface area (Å²) in [5, 5.41) is 3.87. The normalized spacial score (nSPS) is 14.6. The number of hydrogen-bond donors (Lipinski definition) is 0. The molecule has 1 saturated heterocycles. The van der Waals surface area contributed by atoms with Gasteiger partial charge >= 0.3 is 0 Å². The van der Waals surface area contributed by atoms with E-state index in [1.807, 2.05) is 46.1 Å². The van der Waals surface area contributed by atoms with Gasteiger partial charge in [-0.3, -0.25) is 4.79 Å². The monoisotopic (exact) mass is 337 g/mol. The van der Waals surface area contributed by atoms with Crippen molar-refractivity contribution in [3.8, 4) is 11.4 Å². The fourth-order valence-electron chi connectivity index (χ4n) is 3.19. The molecule has 0 spiro atoms. The van der Waals surface area contributed by atoms with E-state index in [0.29, 0.717) is 5.92 Å². The van der Waals surface area contributed by atoms with Crippen LogP contribution in [0.2, 0.25) is 0 Å². The molecule has 122 valence electrons. The van der Waals surface area contributed by atoms with Crippen LogP contribution in [0.4, 0.5) is 0 Å². The number of carbonyl (C=O) groups excluding carboxylic acids is 1. The van der Waals surface area contributed by atoms with E-state index >= 15 is 0 Å². The number of nitrogens with zero attached hydrogens (tertiary/aromatic N) is 3. The number of carbonyl (C=O) groups is 1. The summed E-state index contributed by atoms with van der Waals surface area (Å²) in [6.45, 7) is 4.64. The molecule has 24 heavy (non-hydrogen) atoms. The lowest BCUT2D eigenvalue weighted by Gasteiger charge is -2.39. The van der Waals surface area contributed by atoms with Gasteiger partial charge in [-0.05, 0) is 18.4 Å². The van der Waals surface area contributed by atoms with Gasteiger partial charge in [0.25, 0.3) is 5.91 Å². The van der Waals surface area contributed by atoms with Gasteiger partial charge < -0.3 is 9.47 Å². The molecule has 0 atom stereocenters. The van der Waals surface area contributed by atoms with E-state index in [2.05, 4.69) is 28.6 Å². The number of imidazole rings is 1. The van der Waals surface area contributed by atoms with Crippen molar-refractivity contribution < 1.29 is 4.79 Å². The van der Waals surface area contributed by atoms with Crippen molar-refractivity contribution in [2.45, 2.75) is 13.5 Å².